The average molecular weight is 366 g/mol. The van der Waals surface area contributed by atoms with Crippen LogP contribution in [0.3, 0.4) is 0 Å². The highest BCUT2D eigenvalue weighted by Crippen LogP contribution is 2.31. The molecule has 0 aliphatic rings. The van der Waals surface area contributed by atoms with Gasteiger partial charge in [-0.3, -0.25) is 0 Å². The Labute approximate surface area is 156 Å². The number of carbonyl (C=O) groups excluding carboxylic acids is 2. The Bertz CT molecular complexity index is 920. The molecule has 0 radical (unpaired) electrons. The molecule has 27 heavy (non-hydrogen) atoms. The fourth-order valence-corrected chi connectivity index (χ4v) is 3.08. The molecule has 0 saturated heterocycles. The number of hydrogen-bond acceptors (Lipinski definition) is 5. The molecular formula is C20H22N4O3. The molecule has 2 amide bonds. The summed E-state index contributed by atoms with van der Waals surface area (Å²) in [4.78, 5) is 27.8. The van der Waals surface area contributed by atoms with Crippen LogP contribution in [0.4, 0.5) is 10.5 Å². The molecular weight excluding hydrogens is 344 g/mol. The molecule has 1 heterocycles. The van der Waals surface area contributed by atoms with Crippen LogP contribution in [-0.2, 0) is 9.53 Å². The summed E-state index contributed by atoms with van der Waals surface area (Å²) >= 11 is 0. The van der Waals surface area contributed by atoms with Crippen molar-refractivity contribution in [2.45, 2.75) is 18.9 Å². The van der Waals surface area contributed by atoms with Gasteiger partial charge in [0.25, 0.3) is 0 Å². The molecule has 0 bridgehead atoms. The lowest BCUT2D eigenvalue weighted by molar-refractivity contribution is -0.141. The number of fused-ring (bicyclic) bond motifs is 2. The quantitative estimate of drug-likeness (QED) is 0.339. The van der Waals surface area contributed by atoms with Crippen LogP contribution in [-0.4, -0.2) is 36.7 Å². The van der Waals surface area contributed by atoms with E-state index in [4.69, 9.17) is 10.5 Å². The van der Waals surface area contributed by atoms with Gasteiger partial charge in [0, 0.05) is 17.3 Å². The number of nitrogens with one attached hydrogen (secondary N) is 2. The summed E-state index contributed by atoms with van der Waals surface area (Å²) in [6, 6.07) is 14.4. The Balaban J connectivity index is 1.95. The minimum Gasteiger partial charge on any atom is -0.467 e. The predicted octanol–water partition coefficient (Wildman–Crippen LogP) is 2.79. The molecule has 1 unspecified atom stereocenters. The highest BCUT2D eigenvalue weighted by atomic mass is 16.5. The predicted molar refractivity (Wildman–Crippen MR) is 105 cm³/mol. The first-order valence-electron chi connectivity index (χ1n) is 8.75. The molecule has 1 aromatic heterocycles. The van der Waals surface area contributed by atoms with E-state index in [0.717, 1.165) is 27.5 Å². The van der Waals surface area contributed by atoms with Crippen LogP contribution in [0, 0.1) is 0 Å². The molecule has 4 N–H and O–H groups in total. The monoisotopic (exact) mass is 366 g/mol. The molecule has 0 saturated carbocycles. The summed E-state index contributed by atoms with van der Waals surface area (Å²) < 4.78 is 4.96. The zero-order valence-electron chi connectivity index (χ0n) is 15.1. The van der Waals surface area contributed by atoms with E-state index in [0.29, 0.717) is 19.4 Å². The third-order valence-corrected chi connectivity index (χ3v) is 4.36. The molecule has 0 aliphatic carbocycles. The number of carbonyl (C=O) groups is 2. The number of primary amides is 1. The van der Waals surface area contributed by atoms with E-state index in [1.165, 1.54) is 7.11 Å². The number of nitrogens with zero attached hydrogens (tertiary/aromatic N) is 1. The van der Waals surface area contributed by atoms with E-state index < -0.39 is 12.1 Å². The van der Waals surface area contributed by atoms with Crippen molar-refractivity contribution in [2.75, 3.05) is 19.0 Å². The third-order valence-electron chi connectivity index (χ3n) is 4.36. The van der Waals surface area contributed by atoms with Crippen molar-refractivity contribution in [1.29, 1.82) is 0 Å². The normalized spacial score (nSPS) is 11.9. The molecule has 7 nitrogen and oxygen atoms in total. The zero-order valence-corrected chi connectivity index (χ0v) is 15.1. The molecule has 3 aromatic rings. The summed E-state index contributed by atoms with van der Waals surface area (Å²) in [6.45, 7) is 0.391. The van der Waals surface area contributed by atoms with Crippen LogP contribution < -0.4 is 16.4 Å². The molecule has 1 atom stereocenters. The first-order valence-corrected chi connectivity index (χ1v) is 8.75. The van der Waals surface area contributed by atoms with E-state index in [1.54, 1.807) is 0 Å². The number of rotatable bonds is 7. The number of methoxy groups -OCH3 is 1. The van der Waals surface area contributed by atoms with Crippen LogP contribution in [0.2, 0.25) is 0 Å². The number of hydrogen-bond donors (Lipinski definition) is 3. The van der Waals surface area contributed by atoms with Gasteiger partial charge in [-0.2, -0.15) is 0 Å². The molecule has 7 heteroatoms. The highest BCUT2D eigenvalue weighted by molar-refractivity contribution is 6.08. The highest BCUT2D eigenvalue weighted by Gasteiger charge is 2.21. The maximum Gasteiger partial charge on any atom is 0.328 e. The Morgan fingerprint density at radius 1 is 1.07 bits per heavy atom. The van der Waals surface area contributed by atoms with Gasteiger partial charge in [0.2, 0.25) is 0 Å². The van der Waals surface area contributed by atoms with E-state index in [2.05, 4.69) is 15.6 Å². The van der Waals surface area contributed by atoms with Crippen LogP contribution in [0.5, 0.6) is 0 Å². The standard InChI is InChI=1S/C20H22N4O3/c1-27-19(25)17(11-6-12-22-20(21)26)24-18-13-7-2-4-9-15(13)23-16-10-5-3-8-14(16)18/h2-5,7-10,17H,6,11-12H2,1H3,(H,23,24)(H3,21,22,26). The Kier molecular flexibility index (Phi) is 5.71. The van der Waals surface area contributed by atoms with E-state index >= 15 is 0 Å². The fraction of sp³-hybridized carbons (Fsp3) is 0.250. The van der Waals surface area contributed by atoms with Gasteiger partial charge in [0.05, 0.1) is 23.8 Å². The number of aromatic nitrogens is 1. The van der Waals surface area contributed by atoms with E-state index in [1.807, 2.05) is 48.5 Å². The maximum atomic E-state index is 12.3. The van der Waals surface area contributed by atoms with Gasteiger partial charge in [0.15, 0.2) is 0 Å². The topological polar surface area (TPSA) is 106 Å². The fourth-order valence-electron chi connectivity index (χ4n) is 3.08. The second kappa shape index (κ2) is 8.35. The van der Waals surface area contributed by atoms with Crippen molar-refractivity contribution in [2.24, 2.45) is 5.73 Å². The van der Waals surface area contributed by atoms with Crippen LogP contribution in [0.25, 0.3) is 21.8 Å². The van der Waals surface area contributed by atoms with Crippen LogP contribution in [0.1, 0.15) is 12.8 Å². The Hall–Kier alpha value is -3.35. The van der Waals surface area contributed by atoms with Crippen LogP contribution >= 0.6 is 0 Å². The molecule has 0 spiro atoms. The second-order valence-electron chi connectivity index (χ2n) is 6.17. The number of benzene rings is 2. The number of ether oxygens (including phenoxy) is 1. The lowest BCUT2D eigenvalue weighted by Gasteiger charge is -2.20. The number of para-hydroxylation sites is 2. The minimum atomic E-state index is -0.580. The molecule has 2 aromatic carbocycles. The van der Waals surface area contributed by atoms with Gasteiger partial charge in [0.1, 0.15) is 6.04 Å². The second-order valence-corrected chi connectivity index (χ2v) is 6.17. The van der Waals surface area contributed by atoms with E-state index in [-0.39, 0.29) is 5.97 Å². The van der Waals surface area contributed by atoms with Gasteiger partial charge in [-0.25, -0.2) is 14.6 Å². The van der Waals surface area contributed by atoms with Crippen molar-refractivity contribution in [1.82, 2.24) is 10.3 Å². The van der Waals surface area contributed by atoms with Crippen molar-refractivity contribution >= 4 is 39.5 Å². The number of pyridine rings is 1. The van der Waals surface area contributed by atoms with E-state index in [9.17, 15) is 9.59 Å². The number of urea groups is 1. The molecule has 140 valence electrons. The Morgan fingerprint density at radius 3 is 2.22 bits per heavy atom. The average Bonchev–Trinajstić information content (AvgIpc) is 2.68. The molecule has 0 aliphatic heterocycles. The van der Waals surface area contributed by atoms with Crippen molar-refractivity contribution < 1.29 is 14.3 Å². The van der Waals surface area contributed by atoms with Gasteiger partial charge >= 0.3 is 12.0 Å². The van der Waals surface area contributed by atoms with Crippen molar-refractivity contribution in [3.8, 4) is 0 Å². The van der Waals surface area contributed by atoms with Gasteiger partial charge < -0.3 is 21.1 Å². The van der Waals surface area contributed by atoms with Crippen LogP contribution in [0.15, 0.2) is 48.5 Å². The smallest absolute Gasteiger partial charge is 0.328 e. The SMILES string of the molecule is COC(=O)C(CCCNC(N)=O)Nc1c2ccccc2nc2ccccc12. The summed E-state index contributed by atoms with van der Waals surface area (Å²) in [6.07, 6.45) is 1.06. The minimum absolute atomic E-state index is 0.362. The van der Waals surface area contributed by atoms with Gasteiger partial charge in [-0.05, 0) is 25.0 Å². The number of anilines is 1. The number of amides is 2. The largest absolute Gasteiger partial charge is 0.467 e. The third kappa shape index (κ3) is 4.25. The number of nitrogens with two attached hydrogens (primary N) is 1. The summed E-state index contributed by atoms with van der Waals surface area (Å²) in [5, 5.41) is 7.74. The summed E-state index contributed by atoms with van der Waals surface area (Å²) in [5.74, 6) is -0.362. The number of esters is 1. The first-order chi connectivity index (χ1) is 13.1. The lowest BCUT2D eigenvalue weighted by Crippen LogP contribution is -2.34. The lowest BCUT2D eigenvalue weighted by atomic mass is 10.1. The maximum absolute atomic E-state index is 12.3. The van der Waals surface area contributed by atoms with Crippen molar-refractivity contribution in [3.63, 3.8) is 0 Å². The van der Waals surface area contributed by atoms with Gasteiger partial charge in [-0.15, -0.1) is 0 Å². The molecule has 0 fully saturated rings. The zero-order chi connectivity index (χ0) is 19.2. The summed E-state index contributed by atoms with van der Waals surface area (Å²) in [5.41, 5.74) is 7.61. The van der Waals surface area contributed by atoms with Crippen molar-refractivity contribution in [3.05, 3.63) is 48.5 Å². The van der Waals surface area contributed by atoms with Gasteiger partial charge in [-0.1, -0.05) is 36.4 Å². The Morgan fingerprint density at radius 2 is 1.67 bits per heavy atom. The summed E-state index contributed by atoms with van der Waals surface area (Å²) in [7, 11) is 1.36. The molecule has 3 rings (SSSR count). The first kappa shape index (κ1) is 18.4.